The molecule has 3 nitrogen and oxygen atoms in total. The number of fused-ring (bicyclic) bond motifs is 10. The fourth-order valence-electron chi connectivity index (χ4n) is 17.6. The molecule has 8 aliphatic carbocycles. The smallest absolute Gasteiger partial charge is 0.431 e. The van der Waals surface area contributed by atoms with E-state index in [2.05, 4.69) is 81.4 Å². The molecule has 0 aromatic carbocycles. The van der Waals surface area contributed by atoms with Crippen LogP contribution in [0.3, 0.4) is 0 Å². The lowest BCUT2D eigenvalue weighted by Gasteiger charge is -2.58. The Balaban J connectivity index is 0.843. The van der Waals surface area contributed by atoms with Gasteiger partial charge in [0.15, 0.2) is 0 Å². The van der Waals surface area contributed by atoms with Gasteiger partial charge < -0.3 is 9.47 Å². The van der Waals surface area contributed by atoms with Gasteiger partial charge in [-0.05, 0) is 183 Å². The number of carbonyl (C=O) groups is 1. The van der Waals surface area contributed by atoms with E-state index in [4.69, 9.17) is 9.47 Å². The molecule has 0 aromatic rings. The Morgan fingerprint density at radius 3 is 1.47 bits per heavy atom. The van der Waals surface area contributed by atoms with Crippen molar-refractivity contribution >= 4 is 6.16 Å². The van der Waals surface area contributed by atoms with Crippen molar-refractivity contribution in [3.05, 3.63) is 23.3 Å². The van der Waals surface area contributed by atoms with Gasteiger partial charge in [0.1, 0.15) is 12.2 Å². The maximum Gasteiger partial charge on any atom is 0.508 e. The Morgan fingerprint density at radius 1 is 0.561 bits per heavy atom. The van der Waals surface area contributed by atoms with Crippen molar-refractivity contribution in [2.24, 2.45) is 92.7 Å². The molecule has 0 bridgehead atoms. The third-order valence-electron chi connectivity index (χ3n) is 20.8. The summed E-state index contributed by atoms with van der Waals surface area (Å²) in [5, 5.41) is 0. The molecule has 0 saturated heterocycles. The Hall–Kier alpha value is -1.25. The molecule has 322 valence electrons. The summed E-state index contributed by atoms with van der Waals surface area (Å²) in [6.45, 7) is 25.3. The molecule has 0 amide bonds. The van der Waals surface area contributed by atoms with Crippen molar-refractivity contribution in [1.82, 2.24) is 0 Å². The number of ether oxygens (including phenoxy) is 2. The molecule has 8 rings (SSSR count). The van der Waals surface area contributed by atoms with Gasteiger partial charge in [0.25, 0.3) is 0 Å². The van der Waals surface area contributed by atoms with Gasteiger partial charge in [0.05, 0.1) is 0 Å². The molecular weight excluding hydrogens is 697 g/mol. The minimum absolute atomic E-state index is 0.0341. The van der Waals surface area contributed by atoms with Crippen molar-refractivity contribution in [2.45, 2.75) is 216 Å². The highest BCUT2D eigenvalue weighted by Gasteiger charge is 2.61. The second-order valence-electron chi connectivity index (χ2n) is 24.4. The lowest BCUT2D eigenvalue weighted by atomic mass is 9.47. The zero-order valence-electron chi connectivity index (χ0n) is 38.8. The highest BCUT2D eigenvalue weighted by molar-refractivity contribution is 5.60. The fraction of sp³-hybridized carbons (Fsp3) is 0.907. The first kappa shape index (κ1) is 42.4. The minimum Gasteiger partial charge on any atom is -0.431 e. The Bertz CT molecular complexity index is 1510. The van der Waals surface area contributed by atoms with Crippen LogP contribution in [0.4, 0.5) is 4.79 Å². The second kappa shape index (κ2) is 16.2. The van der Waals surface area contributed by atoms with Gasteiger partial charge in [-0.3, -0.25) is 0 Å². The summed E-state index contributed by atoms with van der Waals surface area (Å²) in [7, 11) is 0. The summed E-state index contributed by atoms with van der Waals surface area (Å²) >= 11 is 0. The molecule has 6 saturated carbocycles. The quantitative estimate of drug-likeness (QED) is 0.155. The predicted molar refractivity (Wildman–Crippen MR) is 237 cm³/mol. The molecule has 0 aliphatic heterocycles. The lowest BCUT2D eigenvalue weighted by Crippen LogP contribution is -2.51. The summed E-state index contributed by atoms with van der Waals surface area (Å²) < 4.78 is 12.5. The Morgan fingerprint density at radius 2 is 1.02 bits per heavy atom. The van der Waals surface area contributed by atoms with Gasteiger partial charge in [0, 0.05) is 12.8 Å². The average Bonchev–Trinajstić information content (AvgIpc) is 3.71. The molecule has 0 spiro atoms. The molecule has 0 aromatic heterocycles. The maximum absolute atomic E-state index is 13.5. The maximum atomic E-state index is 13.5. The summed E-state index contributed by atoms with van der Waals surface area (Å²) in [6, 6.07) is 0. The van der Waals surface area contributed by atoms with Crippen LogP contribution in [0.25, 0.3) is 0 Å². The van der Waals surface area contributed by atoms with Crippen molar-refractivity contribution in [2.75, 3.05) is 0 Å². The SMILES string of the molecule is CC(C)CCC[C@H](C)[C@@H]1CC[C@@H]2[C@@H]3CC=C4C[C@@H](OC(=O)O[C@@H]5CC[C@]6(C)C(=CC[C@H]7[C@@H]8CC[C@@H]([C@H](C)CCC(C)C)[C@@]8(C)CC[C@@H]76)C5)CC[C@]4(C)[C@@H]3CC[C@@]21C. The van der Waals surface area contributed by atoms with Crippen LogP contribution in [-0.2, 0) is 9.47 Å². The molecule has 0 unspecified atom stereocenters. The molecule has 0 N–H and O–H groups in total. The van der Waals surface area contributed by atoms with Crippen LogP contribution < -0.4 is 0 Å². The first-order valence-corrected chi connectivity index (χ1v) is 25.3. The number of carbonyl (C=O) groups excluding carboxylic acids is 1. The number of allylic oxidation sites excluding steroid dienone is 2. The monoisotopic (exact) mass is 785 g/mol. The van der Waals surface area contributed by atoms with Gasteiger partial charge in [-0.2, -0.15) is 0 Å². The predicted octanol–water partition coefficient (Wildman–Crippen LogP) is 15.6. The second-order valence-corrected chi connectivity index (χ2v) is 24.4. The van der Waals surface area contributed by atoms with Gasteiger partial charge in [-0.25, -0.2) is 4.79 Å². The van der Waals surface area contributed by atoms with E-state index in [1.165, 1.54) is 96.3 Å². The number of hydrogen-bond acceptors (Lipinski definition) is 3. The first-order valence-electron chi connectivity index (χ1n) is 25.3. The van der Waals surface area contributed by atoms with Crippen LogP contribution in [0.5, 0.6) is 0 Å². The van der Waals surface area contributed by atoms with Gasteiger partial charge in [-0.15, -0.1) is 0 Å². The molecular formula is C54H88O3. The largest absolute Gasteiger partial charge is 0.508 e. The topological polar surface area (TPSA) is 35.5 Å². The molecule has 0 heterocycles. The Kier molecular flexibility index (Phi) is 12.1. The van der Waals surface area contributed by atoms with Crippen molar-refractivity contribution < 1.29 is 14.3 Å². The van der Waals surface area contributed by atoms with Crippen LogP contribution in [-0.4, -0.2) is 18.4 Å². The van der Waals surface area contributed by atoms with E-state index in [0.717, 1.165) is 110 Å². The van der Waals surface area contributed by atoms with E-state index >= 15 is 0 Å². The van der Waals surface area contributed by atoms with E-state index in [1.807, 2.05) is 0 Å². The average molecular weight is 785 g/mol. The van der Waals surface area contributed by atoms with Crippen LogP contribution in [0.2, 0.25) is 0 Å². The number of hydrogen-bond donors (Lipinski definition) is 0. The highest BCUT2D eigenvalue weighted by Crippen LogP contribution is 2.69. The summed E-state index contributed by atoms with van der Waals surface area (Å²) in [5.74, 6) is 10.2. The van der Waals surface area contributed by atoms with Gasteiger partial charge in [-0.1, -0.05) is 125 Å². The summed E-state index contributed by atoms with van der Waals surface area (Å²) in [5.41, 5.74) is 4.80. The highest BCUT2D eigenvalue weighted by atomic mass is 16.7. The van der Waals surface area contributed by atoms with E-state index < -0.39 is 6.16 Å². The molecule has 8 aliphatic rings. The first-order chi connectivity index (χ1) is 27.1. The molecule has 57 heavy (non-hydrogen) atoms. The van der Waals surface area contributed by atoms with Crippen LogP contribution in [0, 0.1) is 92.7 Å². The van der Waals surface area contributed by atoms with Crippen molar-refractivity contribution in [3.63, 3.8) is 0 Å². The van der Waals surface area contributed by atoms with Gasteiger partial charge in [0.2, 0.25) is 0 Å². The van der Waals surface area contributed by atoms with E-state index in [0.29, 0.717) is 10.8 Å². The molecule has 3 heteroatoms. The Labute approximate surface area is 351 Å². The molecule has 16 atom stereocenters. The van der Waals surface area contributed by atoms with Crippen LogP contribution in [0.15, 0.2) is 23.3 Å². The third kappa shape index (κ3) is 7.58. The molecule has 6 fully saturated rings. The van der Waals surface area contributed by atoms with Crippen LogP contribution >= 0.6 is 0 Å². The fourth-order valence-corrected chi connectivity index (χ4v) is 17.6. The summed E-state index contributed by atoms with van der Waals surface area (Å²) in [6.07, 6.45) is 31.8. The van der Waals surface area contributed by atoms with E-state index in [9.17, 15) is 4.79 Å². The van der Waals surface area contributed by atoms with Crippen LogP contribution in [0.1, 0.15) is 204 Å². The number of rotatable bonds is 11. The van der Waals surface area contributed by atoms with Crippen molar-refractivity contribution in [1.29, 1.82) is 0 Å². The van der Waals surface area contributed by atoms with E-state index in [-0.39, 0.29) is 23.0 Å². The zero-order chi connectivity index (χ0) is 40.5. The third-order valence-corrected chi connectivity index (χ3v) is 20.8. The lowest BCUT2D eigenvalue weighted by molar-refractivity contribution is -0.0717. The zero-order valence-corrected chi connectivity index (χ0v) is 38.8. The normalized spacial score (nSPS) is 46.0. The van der Waals surface area contributed by atoms with E-state index in [1.54, 1.807) is 11.1 Å². The van der Waals surface area contributed by atoms with Gasteiger partial charge >= 0.3 is 6.16 Å². The standard InChI is InChI=1S/C54H88O3/c1-34(2)12-11-13-36(5)44-20-22-46-42-18-16-38-32-40(24-28-51(38,7)48(42)26-30-53(44,46)9)56-50(55)57-41-25-29-52(8)39(33-41)17-19-43-47-23-21-45(37(6)15-14-35(3)4)54(47,10)31-27-49(43)52/h16-17,34-37,40-49H,11-15,18-33H2,1-10H3/t36-,37+,40-,41+,42-,43-,44-,45-,46+,47-,48+,49-,51-,52+,53+,54+/m0/s1. The van der Waals surface area contributed by atoms with Crippen molar-refractivity contribution in [3.8, 4) is 0 Å². The molecule has 0 radical (unpaired) electrons. The minimum atomic E-state index is -0.397. The summed E-state index contributed by atoms with van der Waals surface area (Å²) in [4.78, 5) is 13.5.